The molecule has 0 N–H and O–H groups in total. The Morgan fingerprint density at radius 3 is 0.610 bits per heavy atom. The second kappa shape index (κ2) is 17.4. The molecule has 0 aliphatic carbocycles. The van der Waals surface area contributed by atoms with E-state index in [1.54, 1.807) is 0 Å². The van der Waals surface area contributed by atoms with Gasteiger partial charge >= 0.3 is 119 Å². The van der Waals surface area contributed by atoms with Gasteiger partial charge in [-0.3, -0.25) is 0 Å². The standard InChI is InChI=1S/C35H10F42/c36-16(37,18(40,41)20(44,45)22(48,49)24(52,53)26(56,57)28(60,61)30(64,65)32(68,69)34(72,73)74)9-14-10-5-1-3-7-12(10)15(13-8-4-2-6-11(13)14)17(38,39)19(42,43)21(46,47)23(50,51)25(54,55)27(58,59)29(62,63)31(66,67)33(70,71)35(75,76)77/h1-8H,9H2. The summed E-state index contributed by atoms with van der Waals surface area (Å²) in [5.41, 5.74) is -5.95. The van der Waals surface area contributed by atoms with E-state index in [9.17, 15) is 149 Å². The van der Waals surface area contributed by atoms with E-state index in [2.05, 4.69) is 0 Å². The number of fused-ring (bicyclic) bond motifs is 2. The lowest BCUT2D eigenvalue weighted by molar-refractivity contribution is -0.474. The molecule has 0 saturated heterocycles. The van der Waals surface area contributed by atoms with Gasteiger partial charge in [-0.1, -0.05) is 48.5 Å². The van der Waals surface area contributed by atoms with Gasteiger partial charge in [-0.15, -0.1) is 0 Å². The third kappa shape index (κ3) is 8.03. The zero-order valence-corrected chi connectivity index (χ0v) is 34.2. The lowest BCUT2D eigenvalue weighted by Gasteiger charge is -2.44. The van der Waals surface area contributed by atoms with Crippen LogP contribution in [0.5, 0.6) is 0 Å². The second-order valence-electron chi connectivity index (χ2n) is 15.6. The molecule has 0 amide bonds. The molecule has 0 unspecified atom stereocenters. The number of hydrogen-bond acceptors (Lipinski definition) is 0. The van der Waals surface area contributed by atoms with Crippen molar-refractivity contribution < 1.29 is 184 Å². The molecule has 3 aromatic carbocycles. The zero-order valence-electron chi connectivity index (χ0n) is 34.2. The van der Waals surface area contributed by atoms with Gasteiger partial charge in [-0.05, 0) is 27.1 Å². The Bertz CT molecular complexity index is 2620. The lowest BCUT2D eigenvalue weighted by Crippen LogP contribution is -2.76. The molecule has 0 aromatic heterocycles. The molecular weight excluding hydrogens is 1220 g/mol. The number of benzene rings is 3. The minimum absolute atomic E-state index is 0.0320. The highest BCUT2D eigenvalue weighted by molar-refractivity contribution is 6.06. The maximum Gasteiger partial charge on any atom is 0.460 e. The van der Waals surface area contributed by atoms with Crippen LogP contribution in [0.3, 0.4) is 0 Å². The molecule has 0 nitrogen and oxygen atoms in total. The molecule has 0 radical (unpaired) electrons. The molecular formula is C35H10F42. The molecule has 0 atom stereocenters. The third-order valence-corrected chi connectivity index (χ3v) is 10.8. The molecule has 0 heterocycles. The molecule has 0 fully saturated rings. The fraction of sp³-hybridized carbons (Fsp3) is 0.600. The molecule has 3 rings (SSSR count). The summed E-state index contributed by atoms with van der Waals surface area (Å²) in [5, 5.41) is -9.73. The van der Waals surface area contributed by atoms with Crippen molar-refractivity contribution in [1.82, 2.24) is 0 Å². The predicted octanol–water partition coefficient (Wildman–Crippen LogP) is 17.6. The van der Waals surface area contributed by atoms with Gasteiger partial charge in [0.05, 0.1) is 0 Å². The van der Waals surface area contributed by atoms with Crippen LogP contribution >= 0.6 is 0 Å². The smallest absolute Gasteiger partial charge is 0.199 e. The number of hydrogen-bond donors (Lipinski definition) is 0. The van der Waals surface area contributed by atoms with Crippen LogP contribution in [0, 0.1) is 0 Å². The Balaban J connectivity index is 2.38. The molecule has 0 saturated carbocycles. The Kier molecular flexibility index (Phi) is 15.0. The molecule has 42 heteroatoms. The van der Waals surface area contributed by atoms with Crippen molar-refractivity contribution >= 4 is 21.5 Å². The SMILES string of the molecule is FC(F)(F)C(F)(F)C(F)(F)C(F)(F)C(F)(F)C(F)(F)C(F)(F)C(F)(F)C(F)(F)C(F)(F)Cc1c2ccccc2c(C(F)(F)C(F)(F)C(F)(F)C(F)(F)C(F)(F)C(F)(F)C(F)(F)C(F)(F)C(F)(F)C(F)(F)F)c2ccccc12. The first-order chi connectivity index (χ1) is 33.2. The summed E-state index contributed by atoms with van der Waals surface area (Å²) in [6, 6.07) is -1.85. The Hall–Kier alpha value is -4.76. The predicted molar refractivity (Wildman–Crippen MR) is 165 cm³/mol. The third-order valence-electron chi connectivity index (χ3n) is 10.8. The summed E-state index contributed by atoms with van der Waals surface area (Å²) in [6.07, 6.45) is -20.7. The van der Waals surface area contributed by atoms with Crippen LogP contribution in [0.15, 0.2) is 48.5 Å². The molecule has 0 bridgehead atoms. The van der Waals surface area contributed by atoms with E-state index in [4.69, 9.17) is 0 Å². The summed E-state index contributed by atoms with van der Waals surface area (Å²) in [7, 11) is 0. The van der Waals surface area contributed by atoms with Crippen molar-refractivity contribution in [2.75, 3.05) is 0 Å². The van der Waals surface area contributed by atoms with Gasteiger partial charge in [0.1, 0.15) is 0 Å². The van der Waals surface area contributed by atoms with Crippen LogP contribution < -0.4 is 0 Å². The fourth-order valence-corrected chi connectivity index (χ4v) is 6.39. The van der Waals surface area contributed by atoms with Crippen LogP contribution in [-0.2, 0) is 12.3 Å². The van der Waals surface area contributed by atoms with Gasteiger partial charge in [-0.25, -0.2) is 0 Å². The Labute approximate surface area is 391 Å². The van der Waals surface area contributed by atoms with Gasteiger partial charge in [-0.2, -0.15) is 184 Å². The van der Waals surface area contributed by atoms with Gasteiger partial charge in [0, 0.05) is 12.0 Å². The molecule has 0 aliphatic rings. The Morgan fingerprint density at radius 2 is 0.390 bits per heavy atom. The first kappa shape index (κ1) is 66.5. The average molecular weight is 1230 g/mol. The normalized spacial score (nSPS) is 16.5. The topological polar surface area (TPSA) is 0 Å². The van der Waals surface area contributed by atoms with Crippen molar-refractivity contribution in [2.24, 2.45) is 0 Å². The van der Waals surface area contributed by atoms with Crippen LogP contribution in [0.4, 0.5) is 184 Å². The first-order valence-electron chi connectivity index (χ1n) is 18.0. The maximum atomic E-state index is 16.0. The van der Waals surface area contributed by atoms with Crippen LogP contribution in [0.1, 0.15) is 11.1 Å². The van der Waals surface area contributed by atoms with E-state index in [0.717, 1.165) is 0 Å². The van der Waals surface area contributed by atoms with Gasteiger partial charge in [0.25, 0.3) is 0 Å². The minimum atomic E-state index is -9.74. The molecule has 0 spiro atoms. The van der Waals surface area contributed by atoms with Gasteiger partial charge in [0.15, 0.2) is 0 Å². The molecule has 0 aliphatic heterocycles. The summed E-state index contributed by atoms with van der Waals surface area (Å²) in [5.74, 6) is -166. The zero-order chi connectivity index (χ0) is 61.8. The van der Waals surface area contributed by atoms with E-state index in [1.165, 1.54) is 0 Å². The van der Waals surface area contributed by atoms with Crippen LogP contribution in [0.25, 0.3) is 21.5 Å². The summed E-state index contributed by atoms with van der Waals surface area (Å²) >= 11 is 0. The number of halogens is 42. The van der Waals surface area contributed by atoms with E-state index < -0.39 is 170 Å². The minimum Gasteiger partial charge on any atom is -0.199 e. The van der Waals surface area contributed by atoms with Crippen molar-refractivity contribution in [3.63, 3.8) is 0 Å². The monoisotopic (exact) mass is 1230 g/mol. The number of alkyl halides is 42. The summed E-state index contributed by atoms with van der Waals surface area (Å²) in [6.45, 7) is 0. The Morgan fingerprint density at radius 1 is 0.208 bits per heavy atom. The van der Waals surface area contributed by atoms with Gasteiger partial charge < -0.3 is 0 Å². The van der Waals surface area contributed by atoms with E-state index in [-0.39, 0.29) is 36.4 Å². The highest BCUT2D eigenvalue weighted by Crippen LogP contribution is 2.70. The maximum absolute atomic E-state index is 16.0. The fourth-order valence-electron chi connectivity index (χ4n) is 6.39. The molecule has 3 aromatic rings. The lowest BCUT2D eigenvalue weighted by atomic mass is 9.81. The quantitative estimate of drug-likeness (QED) is 0.0829. The molecule has 77 heavy (non-hydrogen) atoms. The van der Waals surface area contributed by atoms with E-state index in [0.29, 0.717) is 0 Å². The second-order valence-corrected chi connectivity index (χ2v) is 15.6. The van der Waals surface area contributed by atoms with Crippen molar-refractivity contribution in [3.05, 3.63) is 59.7 Å². The van der Waals surface area contributed by atoms with Crippen molar-refractivity contribution in [2.45, 2.75) is 125 Å². The average Bonchev–Trinajstić information content (AvgIpc) is 3.24. The largest absolute Gasteiger partial charge is 0.460 e. The highest BCUT2D eigenvalue weighted by Gasteiger charge is 3.00. The number of rotatable bonds is 19. The van der Waals surface area contributed by atoms with Crippen LogP contribution in [0.2, 0.25) is 0 Å². The summed E-state index contributed by atoms with van der Waals surface area (Å²) < 4.78 is 592. The highest BCUT2D eigenvalue weighted by atomic mass is 19.5. The molecule has 444 valence electrons. The van der Waals surface area contributed by atoms with Crippen LogP contribution in [-0.4, -0.2) is 113 Å². The van der Waals surface area contributed by atoms with Crippen molar-refractivity contribution in [1.29, 1.82) is 0 Å². The summed E-state index contributed by atoms with van der Waals surface area (Å²) in [4.78, 5) is 0. The van der Waals surface area contributed by atoms with E-state index in [1.807, 2.05) is 0 Å². The first-order valence-corrected chi connectivity index (χ1v) is 18.0. The van der Waals surface area contributed by atoms with E-state index >= 15 is 35.1 Å². The van der Waals surface area contributed by atoms with Gasteiger partial charge in [0.2, 0.25) is 0 Å². The van der Waals surface area contributed by atoms with Crippen molar-refractivity contribution in [3.8, 4) is 0 Å².